The van der Waals surface area contributed by atoms with Gasteiger partial charge in [0.2, 0.25) is 5.91 Å². The fourth-order valence-electron chi connectivity index (χ4n) is 2.70. The molecule has 0 unspecified atom stereocenters. The van der Waals surface area contributed by atoms with Gasteiger partial charge < -0.3 is 15.0 Å². The van der Waals surface area contributed by atoms with E-state index in [1.807, 2.05) is 18.7 Å². The van der Waals surface area contributed by atoms with Crippen molar-refractivity contribution in [2.24, 2.45) is 0 Å². The van der Waals surface area contributed by atoms with Crippen LogP contribution in [0.1, 0.15) is 20.3 Å². The van der Waals surface area contributed by atoms with Gasteiger partial charge in [0, 0.05) is 45.9 Å². The summed E-state index contributed by atoms with van der Waals surface area (Å²) < 4.78 is 5.42. The van der Waals surface area contributed by atoms with Gasteiger partial charge >= 0.3 is 0 Å². The summed E-state index contributed by atoms with van der Waals surface area (Å²) in [4.78, 5) is 16.9. The molecule has 18 heavy (non-hydrogen) atoms. The van der Waals surface area contributed by atoms with Crippen LogP contribution in [0.15, 0.2) is 0 Å². The van der Waals surface area contributed by atoms with Gasteiger partial charge in [-0.15, -0.1) is 0 Å². The minimum absolute atomic E-state index is 0.245. The van der Waals surface area contributed by atoms with Crippen LogP contribution in [0, 0.1) is 0 Å². The lowest BCUT2D eigenvalue weighted by molar-refractivity contribution is -0.143. The van der Waals surface area contributed by atoms with Gasteiger partial charge in [-0.2, -0.15) is 0 Å². The number of carbonyl (C=O) groups excluding carboxylic acids is 1. The summed E-state index contributed by atoms with van der Waals surface area (Å²) in [5.74, 6) is 0.245. The number of carbonyl (C=O) groups is 1. The maximum atomic E-state index is 12.7. The minimum atomic E-state index is -0.396. The van der Waals surface area contributed by atoms with Gasteiger partial charge in [-0.25, -0.2) is 0 Å². The van der Waals surface area contributed by atoms with Crippen LogP contribution in [0.4, 0.5) is 0 Å². The number of amides is 1. The Morgan fingerprint density at radius 2 is 1.83 bits per heavy atom. The highest BCUT2D eigenvalue weighted by Gasteiger charge is 2.38. The second-order valence-electron chi connectivity index (χ2n) is 5.55. The van der Waals surface area contributed by atoms with Crippen LogP contribution in [0.25, 0.3) is 0 Å². The molecule has 0 aliphatic carbocycles. The first-order valence-electron chi connectivity index (χ1n) is 6.95. The zero-order valence-electron chi connectivity index (χ0n) is 11.6. The predicted molar refractivity (Wildman–Crippen MR) is 70.5 cm³/mol. The SMILES string of the molecule is CC(C)(C(=O)N1CCCOCC1)N1CCNCC1. The van der Waals surface area contributed by atoms with E-state index in [0.717, 1.165) is 52.3 Å². The number of nitrogens with zero attached hydrogens (tertiary/aromatic N) is 2. The highest BCUT2D eigenvalue weighted by atomic mass is 16.5. The van der Waals surface area contributed by atoms with E-state index in [-0.39, 0.29) is 5.91 Å². The second kappa shape index (κ2) is 5.99. The van der Waals surface area contributed by atoms with Crippen LogP contribution < -0.4 is 5.32 Å². The zero-order chi connectivity index (χ0) is 13.0. The first kappa shape index (κ1) is 13.8. The molecule has 2 rings (SSSR count). The van der Waals surface area contributed by atoms with Crippen molar-refractivity contribution in [3.8, 4) is 0 Å². The van der Waals surface area contributed by atoms with Crippen molar-refractivity contribution in [2.45, 2.75) is 25.8 Å². The molecule has 0 spiro atoms. The van der Waals surface area contributed by atoms with Crippen LogP contribution in [0.5, 0.6) is 0 Å². The molecule has 0 aromatic heterocycles. The molecule has 0 bridgehead atoms. The lowest BCUT2D eigenvalue weighted by atomic mass is 9.99. The summed E-state index contributed by atoms with van der Waals surface area (Å²) in [7, 11) is 0. The number of ether oxygens (including phenoxy) is 1. The Balaban J connectivity index is 2.00. The maximum Gasteiger partial charge on any atom is 0.242 e. The van der Waals surface area contributed by atoms with Gasteiger partial charge in [-0.3, -0.25) is 9.69 Å². The molecule has 2 aliphatic rings. The molecular formula is C13H25N3O2. The smallest absolute Gasteiger partial charge is 0.242 e. The van der Waals surface area contributed by atoms with Crippen molar-refractivity contribution in [3.05, 3.63) is 0 Å². The fraction of sp³-hybridized carbons (Fsp3) is 0.923. The summed E-state index contributed by atoms with van der Waals surface area (Å²) >= 11 is 0. The van der Waals surface area contributed by atoms with Gasteiger partial charge in [0.05, 0.1) is 12.1 Å². The molecule has 104 valence electrons. The average Bonchev–Trinajstić information content (AvgIpc) is 2.67. The van der Waals surface area contributed by atoms with Crippen molar-refractivity contribution < 1.29 is 9.53 Å². The lowest BCUT2D eigenvalue weighted by Crippen LogP contribution is -2.60. The number of rotatable bonds is 2. The van der Waals surface area contributed by atoms with E-state index in [1.165, 1.54) is 0 Å². The summed E-state index contributed by atoms with van der Waals surface area (Å²) in [6.45, 7) is 10.9. The summed E-state index contributed by atoms with van der Waals surface area (Å²) in [5, 5.41) is 3.33. The lowest BCUT2D eigenvalue weighted by Gasteiger charge is -2.42. The Bertz CT molecular complexity index is 280. The van der Waals surface area contributed by atoms with E-state index in [9.17, 15) is 4.79 Å². The van der Waals surface area contributed by atoms with Crippen LogP contribution in [0.2, 0.25) is 0 Å². The topological polar surface area (TPSA) is 44.8 Å². The van der Waals surface area contributed by atoms with Crippen LogP contribution in [0.3, 0.4) is 0 Å². The van der Waals surface area contributed by atoms with E-state index in [0.29, 0.717) is 6.61 Å². The highest BCUT2D eigenvalue weighted by molar-refractivity contribution is 5.85. The summed E-state index contributed by atoms with van der Waals surface area (Å²) in [6.07, 6.45) is 0.948. The summed E-state index contributed by atoms with van der Waals surface area (Å²) in [5.41, 5.74) is -0.396. The average molecular weight is 255 g/mol. The molecule has 5 nitrogen and oxygen atoms in total. The molecule has 0 saturated carbocycles. The predicted octanol–water partition coefficient (Wildman–Crippen LogP) is -0.0809. The highest BCUT2D eigenvalue weighted by Crippen LogP contribution is 2.19. The van der Waals surface area contributed by atoms with Crippen LogP contribution >= 0.6 is 0 Å². The molecular weight excluding hydrogens is 230 g/mol. The maximum absolute atomic E-state index is 12.7. The Kier molecular flexibility index (Phi) is 4.59. The third-order valence-electron chi connectivity index (χ3n) is 3.94. The van der Waals surface area contributed by atoms with E-state index in [4.69, 9.17) is 4.74 Å². The summed E-state index contributed by atoms with van der Waals surface area (Å²) in [6, 6.07) is 0. The van der Waals surface area contributed by atoms with Gasteiger partial charge in [0.25, 0.3) is 0 Å². The molecule has 2 fully saturated rings. The molecule has 2 heterocycles. The number of piperazine rings is 1. The third kappa shape index (κ3) is 3.02. The van der Waals surface area contributed by atoms with Crippen molar-refractivity contribution in [2.75, 3.05) is 52.5 Å². The first-order chi connectivity index (χ1) is 8.62. The van der Waals surface area contributed by atoms with Gasteiger partial charge in [-0.05, 0) is 20.3 Å². The van der Waals surface area contributed by atoms with Crippen LogP contribution in [-0.4, -0.2) is 73.7 Å². The molecule has 5 heteroatoms. The molecule has 0 atom stereocenters. The molecule has 2 saturated heterocycles. The molecule has 2 aliphatic heterocycles. The molecule has 0 aromatic carbocycles. The molecule has 1 N–H and O–H groups in total. The van der Waals surface area contributed by atoms with Crippen molar-refractivity contribution >= 4 is 5.91 Å². The van der Waals surface area contributed by atoms with Gasteiger partial charge in [0.15, 0.2) is 0 Å². The van der Waals surface area contributed by atoms with Crippen molar-refractivity contribution in [1.29, 1.82) is 0 Å². The normalized spacial score (nSPS) is 23.8. The van der Waals surface area contributed by atoms with Gasteiger partial charge in [-0.1, -0.05) is 0 Å². The molecule has 1 amide bonds. The second-order valence-corrected chi connectivity index (χ2v) is 5.55. The fourth-order valence-corrected chi connectivity index (χ4v) is 2.70. The number of nitrogens with one attached hydrogen (secondary N) is 1. The Morgan fingerprint density at radius 3 is 2.56 bits per heavy atom. The van der Waals surface area contributed by atoms with E-state index >= 15 is 0 Å². The van der Waals surface area contributed by atoms with Gasteiger partial charge in [0.1, 0.15) is 0 Å². The number of hydrogen-bond donors (Lipinski definition) is 1. The van der Waals surface area contributed by atoms with E-state index in [2.05, 4.69) is 10.2 Å². The molecule has 0 aromatic rings. The monoisotopic (exact) mass is 255 g/mol. The first-order valence-corrected chi connectivity index (χ1v) is 6.95. The van der Waals surface area contributed by atoms with Crippen LogP contribution in [-0.2, 0) is 9.53 Å². The van der Waals surface area contributed by atoms with Crippen molar-refractivity contribution in [3.63, 3.8) is 0 Å². The van der Waals surface area contributed by atoms with Crippen molar-refractivity contribution in [1.82, 2.24) is 15.1 Å². The minimum Gasteiger partial charge on any atom is -0.380 e. The Hall–Kier alpha value is -0.650. The molecule has 0 radical (unpaired) electrons. The Labute approximate surface area is 109 Å². The Morgan fingerprint density at radius 1 is 1.11 bits per heavy atom. The quantitative estimate of drug-likeness (QED) is 0.749. The largest absolute Gasteiger partial charge is 0.380 e. The zero-order valence-corrected chi connectivity index (χ0v) is 11.6. The number of hydrogen-bond acceptors (Lipinski definition) is 4. The standard InChI is InChI=1S/C13H25N3O2/c1-13(2,16-7-4-14-5-8-16)12(17)15-6-3-10-18-11-9-15/h14H,3-11H2,1-2H3. The third-order valence-corrected chi connectivity index (χ3v) is 3.94. The van der Waals surface area contributed by atoms with E-state index in [1.54, 1.807) is 0 Å². The van der Waals surface area contributed by atoms with E-state index < -0.39 is 5.54 Å².